The highest BCUT2D eigenvalue weighted by atomic mass is 14.2. The summed E-state index contributed by atoms with van der Waals surface area (Å²) < 4.78 is 0. The van der Waals surface area contributed by atoms with Gasteiger partial charge in [0.05, 0.1) is 0 Å². The molecule has 0 aromatic carbocycles. The van der Waals surface area contributed by atoms with Crippen LogP contribution < -0.4 is 0 Å². The molecular weight excluding hydrogens is 204 g/mol. The second-order valence-corrected chi connectivity index (χ2v) is 4.29. The highest BCUT2D eigenvalue weighted by Gasteiger charge is 2.17. The zero-order valence-electron chi connectivity index (χ0n) is 14.1. The fourth-order valence-electron chi connectivity index (χ4n) is 2.50. The molecule has 0 aliphatic heterocycles. The van der Waals surface area contributed by atoms with E-state index in [0.717, 1.165) is 11.8 Å². The van der Waals surface area contributed by atoms with Gasteiger partial charge in [0.15, 0.2) is 0 Å². The summed E-state index contributed by atoms with van der Waals surface area (Å²) in [5, 5.41) is 0. The van der Waals surface area contributed by atoms with Crippen LogP contribution in [0.15, 0.2) is 0 Å². The molecule has 17 heavy (non-hydrogen) atoms. The largest absolute Gasteiger partial charge is 0.0683 e. The molecule has 108 valence electrons. The van der Waals surface area contributed by atoms with Gasteiger partial charge in [-0.15, -0.1) is 0 Å². The van der Waals surface area contributed by atoms with Gasteiger partial charge < -0.3 is 0 Å². The van der Waals surface area contributed by atoms with Crippen LogP contribution in [0.1, 0.15) is 100 Å². The molecule has 0 aromatic rings. The summed E-state index contributed by atoms with van der Waals surface area (Å²) in [6, 6.07) is 0. The molecule has 1 unspecified atom stereocenters. The Kier molecular flexibility index (Phi) is 27.8. The standard InChI is InChI=1S/C13H28.2C2H6/c1-5-9-12(8-4)13(10-6-2)11-7-3;2*1-2/h12-13H,5-11H2,1-4H3;2*1-2H3. The third-order valence-electron chi connectivity index (χ3n) is 3.17. The molecule has 0 amide bonds. The fourth-order valence-corrected chi connectivity index (χ4v) is 2.50. The lowest BCUT2D eigenvalue weighted by atomic mass is 9.81. The van der Waals surface area contributed by atoms with Crippen molar-refractivity contribution in [3.8, 4) is 0 Å². The molecule has 0 rings (SSSR count). The van der Waals surface area contributed by atoms with Crippen molar-refractivity contribution in [1.29, 1.82) is 0 Å². The lowest BCUT2D eigenvalue weighted by Crippen LogP contribution is -2.13. The molecule has 1 atom stereocenters. The van der Waals surface area contributed by atoms with Crippen LogP contribution in [0, 0.1) is 11.8 Å². The van der Waals surface area contributed by atoms with E-state index in [1.54, 1.807) is 0 Å². The summed E-state index contributed by atoms with van der Waals surface area (Å²) in [6.45, 7) is 17.3. The van der Waals surface area contributed by atoms with Gasteiger partial charge in [0.25, 0.3) is 0 Å². The van der Waals surface area contributed by atoms with Crippen molar-refractivity contribution in [1.82, 2.24) is 0 Å². The van der Waals surface area contributed by atoms with Gasteiger partial charge in [-0.1, -0.05) is 100 Å². The second-order valence-electron chi connectivity index (χ2n) is 4.29. The first-order chi connectivity index (χ1) is 8.29. The maximum atomic E-state index is 2.36. The van der Waals surface area contributed by atoms with E-state index in [0.29, 0.717) is 0 Å². The van der Waals surface area contributed by atoms with Gasteiger partial charge in [0, 0.05) is 0 Å². The van der Waals surface area contributed by atoms with Crippen molar-refractivity contribution in [2.24, 2.45) is 11.8 Å². The Morgan fingerprint density at radius 3 is 1.06 bits per heavy atom. The Bertz CT molecular complexity index is 90.2. The van der Waals surface area contributed by atoms with Crippen molar-refractivity contribution in [2.75, 3.05) is 0 Å². The average Bonchev–Trinajstić information content (AvgIpc) is 2.40. The molecule has 0 aliphatic rings. The van der Waals surface area contributed by atoms with Crippen molar-refractivity contribution in [3.63, 3.8) is 0 Å². The number of hydrogen-bond donors (Lipinski definition) is 0. The van der Waals surface area contributed by atoms with Crippen LogP contribution >= 0.6 is 0 Å². The van der Waals surface area contributed by atoms with Crippen LogP contribution in [0.2, 0.25) is 0 Å². The SMILES string of the molecule is CC.CC.CCCC(CC)C(CCC)CCC. The minimum Gasteiger partial charge on any atom is -0.0683 e. The molecule has 0 spiro atoms. The summed E-state index contributed by atoms with van der Waals surface area (Å²) in [7, 11) is 0. The maximum Gasteiger partial charge on any atom is -0.0386 e. The van der Waals surface area contributed by atoms with Gasteiger partial charge >= 0.3 is 0 Å². The summed E-state index contributed by atoms with van der Waals surface area (Å²) in [4.78, 5) is 0. The zero-order chi connectivity index (χ0) is 14.1. The third-order valence-corrected chi connectivity index (χ3v) is 3.17. The molecule has 0 radical (unpaired) electrons. The van der Waals surface area contributed by atoms with E-state index in [-0.39, 0.29) is 0 Å². The van der Waals surface area contributed by atoms with Crippen molar-refractivity contribution in [2.45, 2.75) is 100 Å². The lowest BCUT2D eigenvalue weighted by molar-refractivity contribution is 0.264. The second kappa shape index (κ2) is 21.3. The Hall–Kier alpha value is 0. The zero-order valence-corrected chi connectivity index (χ0v) is 14.1. The van der Waals surface area contributed by atoms with Crippen LogP contribution in [0.25, 0.3) is 0 Å². The minimum atomic E-state index is 1.00. The molecule has 0 heterocycles. The van der Waals surface area contributed by atoms with Gasteiger partial charge in [-0.3, -0.25) is 0 Å². The number of hydrogen-bond acceptors (Lipinski definition) is 0. The molecule has 0 aliphatic carbocycles. The van der Waals surface area contributed by atoms with Crippen LogP contribution in [0.4, 0.5) is 0 Å². The van der Waals surface area contributed by atoms with Gasteiger partial charge in [0.2, 0.25) is 0 Å². The summed E-state index contributed by atoms with van der Waals surface area (Å²) in [5.74, 6) is 2.02. The van der Waals surface area contributed by atoms with E-state index in [9.17, 15) is 0 Å². The molecule has 0 heteroatoms. The first-order valence-corrected chi connectivity index (χ1v) is 8.29. The van der Waals surface area contributed by atoms with Crippen molar-refractivity contribution in [3.05, 3.63) is 0 Å². The Labute approximate surface area is 113 Å². The highest BCUT2D eigenvalue weighted by molar-refractivity contribution is 4.68. The first-order valence-electron chi connectivity index (χ1n) is 8.29. The summed E-state index contributed by atoms with van der Waals surface area (Å²) >= 11 is 0. The molecule has 0 nitrogen and oxygen atoms in total. The topological polar surface area (TPSA) is 0 Å². The van der Waals surface area contributed by atoms with Crippen molar-refractivity contribution >= 4 is 0 Å². The van der Waals surface area contributed by atoms with E-state index in [2.05, 4.69) is 27.7 Å². The maximum absolute atomic E-state index is 2.36. The van der Waals surface area contributed by atoms with Crippen LogP contribution in [-0.4, -0.2) is 0 Å². The van der Waals surface area contributed by atoms with Crippen LogP contribution in [-0.2, 0) is 0 Å². The molecule has 0 saturated heterocycles. The van der Waals surface area contributed by atoms with Crippen molar-refractivity contribution < 1.29 is 0 Å². The Morgan fingerprint density at radius 2 is 0.824 bits per heavy atom. The molecule has 0 fully saturated rings. The van der Waals surface area contributed by atoms with Gasteiger partial charge in [0.1, 0.15) is 0 Å². The quantitative estimate of drug-likeness (QED) is 0.428. The predicted octanol–water partition coefficient (Wildman–Crippen LogP) is 7.08. The van der Waals surface area contributed by atoms with E-state index in [4.69, 9.17) is 0 Å². The Morgan fingerprint density at radius 1 is 0.529 bits per heavy atom. The highest BCUT2D eigenvalue weighted by Crippen LogP contribution is 2.29. The van der Waals surface area contributed by atoms with E-state index in [1.807, 2.05) is 27.7 Å². The summed E-state index contributed by atoms with van der Waals surface area (Å²) in [6.07, 6.45) is 9.83. The van der Waals surface area contributed by atoms with Crippen LogP contribution in [0.3, 0.4) is 0 Å². The molecule has 0 saturated carbocycles. The Balaban J connectivity index is -0.000000439. The van der Waals surface area contributed by atoms with Gasteiger partial charge in [-0.2, -0.15) is 0 Å². The van der Waals surface area contributed by atoms with E-state index < -0.39 is 0 Å². The normalized spacial score (nSPS) is 11.1. The molecule has 0 bridgehead atoms. The predicted molar refractivity (Wildman–Crippen MR) is 84.7 cm³/mol. The monoisotopic (exact) mass is 244 g/mol. The third kappa shape index (κ3) is 13.9. The fraction of sp³-hybridized carbons (Fsp3) is 1.00. The minimum absolute atomic E-state index is 1.00. The smallest absolute Gasteiger partial charge is 0.0386 e. The molecular formula is C17H40. The lowest BCUT2D eigenvalue weighted by Gasteiger charge is -2.25. The molecule has 0 N–H and O–H groups in total. The van der Waals surface area contributed by atoms with Crippen LogP contribution in [0.5, 0.6) is 0 Å². The molecule has 0 aromatic heterocycles. The van der Waals surface area contributed by atoms with Gasteiger partial charge in [-0.25, -0.2) is 0 Å². The number of rotatable bonds is 8. The van der Waals surface area contributed by atoms with E-state index >= 15 is 0 Å². The first kappa shape index (κ1) is 22.2. The summed E-state index contributed by atoms with van der Waals surface area (Å²) in [5.41, 5.74) is 0. The average molecular weight is 245 g/mol. The van der Waals surface area contributed by atoms with E-state index in [1.165, 1.54) is 44.9 Å². The van der Waals surface area contributed by atoms with Gasteiger partial charge in [-0.05, 0) is 11.8 Å².